The van der Waals surface area contributed by atoms with Crippen LogP contribution >= 0.6 is 0 Å². The van der Waals surface area contributed by atoms with Gasteiger partial charge < -0.3 is 10.0 Å². The van der Waals surface area contributed by atoms with E-state index in [4.69, 9.17) is 0 Å². The van der Waals surface area contributed by atoms with Crippen molar-refractivity contribution >= 4 is 22.4 Å². The molecule has 1 aliphatic rings. The number of carbonyl (C=O) groups excluding carboxylic acids is 1. The molecule has 8 nitrogen and oxygen atoms in total. The molecule has 5 rings (SSSR count). The number of hydrogen-bond acceptors (Lipinski definition) is 7. The Hall–Kier alpha value is -3.69. The average Bonchev–Trinajstić information content (AvgIpc) is 3.29. The molecule has 3 aromatic heterocycles. The van der Waals surface area contributed by atoms with Crippen LogP contribution in [0.4, 0.5) is 10.2 Å². The Morgan fingerprint density at radius 1 is 1.03 bits per heavy atom. The van der Waals surface area contributed by atoms with E-state index in [9.17, 15) is 14.3 Å². The van der Waals surface area contributed by atoms with Gasteiger partial charge in [-0.3, -0.25) is 19.4 Å². The number of hydrogen-bond donors (Lipinski definition) is 1. The molecular formula is C27H29FN6O2. The molecule has 0 atom stereocenters. The fraction of sp³-hybridized carbons (Fsp3) is 0.333. The summed E-state index contributed by atoms with van der Waals surface area (Å²) in [6.45, 7) is 3.12. The van der Waals surface area contributed by atoms with Crippen molar-refractivity contribution in [3.8, 4) is 11.1 Å². The first-order chi connectivity index (χ1) is 17.6. The predicted octanol–water partition coefficient (Wildman–Crippen LogP) is 3.04. The number of aliphatic hydroxyl groups excluding tert-OH is 1. The number of aryl methyl sites for hydroxylation is 1. The van der Waals surface area contributed by atoms with E-state index < -0.39 is 0 Å². The lowest BCUT2D eigenvalue weighted by atomic mass is 10.0. The molecule has 0 amide bonds. The molecule has 0 unspecified atom stereocenters. The number of pyridine rings is 2. The van der Waals surface area contributed by atoms with Crippen LogP contribution in [0, 0.1) is 0 Å². The smallest absolute Gasteiger partial charge is 0.169 e. The molecule has 0 radical (unpaired) electrons. The summed E-state index contributed by atoms with van der Waals surface area (Å²) in [5.41, 5.74) is 3.87. The van der Waals surface area contributed by atoms with E-state index in [2.05, 4.69) is 24.9 Å². The fourth-order valence-corrected chi connectivity index (χ4v) is 4.69. The summed E-state index contributed by atoms with van der Waals surface area (Å²) in [5, 5.41) is 15.9. The number of halogens is 1. The number of ketones is 1. The van der Waals surface area contributed by atoms with E-state index in [0.717, 1.165) is 59.6 Å². The number of anilines is 1. The third kappa shape index (κ3) is 4.98. The zero-order chi connectivity index (χ0) is 25.1. The summed E-state index contributed by atoms with van der Waals surface area (Å²) >= 11 is 0. The molecular weight excluding hydrogens is 459 g/mol. The van der Waals surface area contributed by atoms with Crippen LogP contribution in [0.1, 0.15) is 21.7 Å². The number of Topliss-reactive ketones (excluding diaryl/α,β-unsaturated/α-hetero) is 1. The van der Waals surface area contributed by atoms with Crippen LogP contribution in [0.15, 0.2) is 55.0 Å². The van der Waals surface area contributed by atoms with Crippen LogP contribution < -0.4 is 4.90 Å². The molecule has 0 saturated carbocycles. The van der Waals surface area contributed by atoms with Gasteiger partial charge in [-0.2, -0.15) is 5.10 Å². The van der Waals surface area contributed by atoms with Gasteiger partial charge in [-0.15, -0.1) is 0 Å². The summed E-state index contributed by atoms with van der Waals surface area (Å²) in [5.74, 6) is 0.751. The quantitative estimate of drug-likeness (QED) is 0.382. The van der Waals surface area contributed by atoms with Crippen molar-refractivity contribution in [2.75, 3.05) is 44.3 Å². The predicted molar refractivity (Wildman–Crippen MR) is 137 cm³/mol. The van der Waals surface area contributed by atoms with Gasteiger partial charge in [0.25, 0.3) is 0 Å². The average molecular weight is 489 g/mol. The molecule has 1 aliphatic heterocycles. The van der Waals surface area contributed by atoms with Gasteiger partial charge in [-0.05, 0) is 35.2 Å². The van der Waals surface area contributed by atoms with Crippen molar-refractivity contribution in [2.45, 2.75) is 13.0 Å². The van der Waals surface area contributed by atoms with Crippen molar-refractivity contribution in [3.63, 3.8) is 0 Å². The number of piperazine rings is 1. The Bertz CT molecular complexity index is 1380. The lowest BCUT2D eigenvalue weighted by molar-refractivity contribution is 0.0992. The fourth-order valence-electron chi connectivity index (χ4n) is 4.69. The van der Waals surface area contributed by atoms with Gasteiger partial charge in [-0.25, -0.2) is 9.37 Å². The SMILES string of the molecule is Cn1ncc(-c2ccc3cnc(CC(=O)c4ccnc(N5CCN(CCF)CC5)c4)cc3c2)c1CO. The number of fused-ring (bicyclic) bond motifs is 1. The Labute approximate surface area is 209 Å². The molecule has 1 saturated heterocycles. The molecule has 36 heavy (non-hydrogen) atoms. The highest BCUT2D eigenvalue weighted by molar-refractivity contribution is 5.98. The Morgan fingerprint density at radius 3 is 2.64 bits per heavy atom. The first kappa shape index (κ1) is 24.0. The minimum absolute atomic E-state index is 0.0208. The highest BCUT2D eigenvalue weighted by atomic mass is 19.1. The van der Waals surface area contributed by atoms with E-state index in [-0.39, 0.29) is 25.5 Å². The lowest BCUT2D eigenvalue weighted by Gasteiger charge is -2.35. The molecule has 1 fully saturated rings. The number of rotatable bonds is 8. The van der Waals surface area contributed by atoms with Crippen LogP contribution in [-0.4, -0.2) is 74.9 Å². The first-order valence-corrected chi connectivity index (χ1v) is 12.1. The van der Waals surface area contributed by atoms with E-state index in [0.29, 0.717) is 17.8 Å². The van der Waals surface area contributed by atoms with Crippen LogP contribution in [0.25, 0.3) is 21.9 Å². The van der Waals surface area contributed by atoms with E-state index >= 15 is 0 Å². The maximum atomic E-state index is 13.1. The maximum Gasteiger partial charge on any atom is 0.169 e. The second kappa shape index (κ2) is 10.5. The standard InChI is InChI=1S/C27H29FN6O2/c1-32-25(18-35)24(17-31-32)19-2-3-21-16-30-23(13-22(21)12-19)15-26(36)20-4-6-29-27(14-20)34-10-8-33(7-5-28)9-11-34/h2-4,6,12-14,16-17,35H,5,7-11,15,18H2,1H3. The molecule has 0 aliphatic carbocycles. The molecule has 4 aromatic rings. The van der Waals surface area contributed by atoms with Gasteiger partial charge in [0.15, 0.2) is 5.78 Å². The summed E-state index contributed by atoms with van der Waals surface area (Å²) in [7, 11) is 1.81. The topological polar surface area (TPSA) is 87.4 Å². The third-order valence-electron chi connectivity index (χ3n) is 6.81. The van der Waals surface area contributed by atoms with E-state index in [1.54, 1.807) is 36.4 Å². The minimum atomic E-state index is -0.334. The molecule has 1 N–H and O–H groups in total. The maximum absolute atomic E-state index is 13.1. The Kier molecular flexibility index (Phi) is 7.02. The largest absolute Gasteiger partial charge is 0.390 e. The minimum Gasteiger partial charge on any atom is -0.390 e. The number of benzene rings is 1. The van der Waals surface area contributed by atoms with Gasteiger partial charge in [0, 0.05) is 74.4 Å². The summed E-state index contributed by atoms with van der Waals surface area (Å²) < 4.78 is 14.3. The summed E-state index contributed by atoms with van der Waals surface area (Å²) in [6.07, 6.45) is 5.39. The van der Waals surface area contributed by atoms with Crippen LogP contribution in [0.5, 0.6) is 0 Å². The number of carbonyl (C=O) groups is 1. The van der Waals surface area contributed by atoms with Crippen molar-refractivity contribution in [1.82, 2.24) is 24.6 Å². The van der Waals surface area contributed by atoms with E-state index in [1.807, 2.05) is 30.3 Å². The summed E-state index contributed by atoms with van der Waals surface area (Å²) in [6, 6.07) is 11.5. The highest BCUT2D eigenvalue weighted by Crippen LogP contribution is 2.27. The van der Waals surface area contributed by atoms with Crippen LogP contribution in [0.3, 0.4) is 0 Å². The lowest BCUT2D eigenvalue weighted by Crippen LogP contribution is -2.47. The van der Waals surface area contributed by atoms with Gasteiger partial charge in [-0.1, -0.05) is 12.1 Å². The highest BCUT2D eigenvalue weighted by Gasteiger charge is 2.19. The first-order valence-electron chi connectivity index (χ1n) is 12.1. The zero-order valence-corrected chi connectivity index (χ0v) is 20.3. The Morgan fingerprint density at radius 2 is 1.86 bits per heavy atom. The van der Waals surface area contributed by atoms with Crippen LogP contribution in [-0.2, 0) is 20.1 Å². The molecule has 1 aromatic carbocycles. The Balaban J connectivity index is 1.33. The van der Waals surface area contributed by atoms with Gasteiger partial charge >= 0.3 is 0 Å². The number of aromatic nitrogens is 4. The van der Waals surface area contributed by atoms with E-state index in [1.165, 1.54) is 0 Å². The second-order valence-corrected chi connectivity index (χ2v) is 9.04. The molecule has 186 valence electrons. The molecule has 4 heterocycles. The third-order valence-corrected chi connectivity index (χ3v) is 6.81. The van der Waals surface area contributed by atoms with Crippen molar-refractivity contribution in [3.05, 3.63) is 71.9 Å². The van der Waals surface area contributed by atoms with Gasteiger partial charge in [0.05, 0.1) is 24.9 Å². The number of aliphatic hydroxyl groups is 1. The molecule has 9 heteroatoms. The normalized spacial score (nSPS) is 14.5. The molecule has 0 bridgehead atoms. The van der Waals surface area contributed by atoms with Crippen molar-refractivity contribution in [1.29, 1.82) is 0 Å². The van der Waals surface area contributed by atoms with Gasteiger partial charge in [0.2, 0.25) is 0 Å². The van der Waals surface area contributed by atoms with Crippen LogP contribution in [0.2, 0.25) is 0 Å². The second-order valence-electron chi connectivity index (χ2n) is 9.04. The zero-order valence-electron chi connectivity index (χ0n) is 20.3. The van der Waals surface area contributed by atoms with Gasteiger partial charge in [0.1, 0.15) is 12.5 Å². The molecule has 0 spiro atoms. The number of alkyl halides is 1. The monoisotopic (exact) mass is 488 g/mol. The van der Waals surface area contributed by atoms with Crippen molar-refractivity contribution in [2.24, 2.45) is 7.05 Å². The summed E-state index contributed by atoms with van der Waals surface area (Å²) in [4.78, 5) is 26.3. The van der Waals surface area contributed by atoms with Crippen molar-refractivity contribution < 1.29 is 14.3 Å². The number of nitrogens with zero attached hydrogens (tertiary/aromatic N) is 6.